The van der Waals surface area contributed by atoms with E-state index in [0.717, 1.165) is 0 Å². The molecule has 1 heterocycles. The lowest BCUT2D eigenvalue weighted by Gasteiger charge is -2.16. The molecule has 0 saturated carbocycles. The molecule has 0 aliphatic rings. The first-order valence-corrected chi connectivity index (χ1v) is 16.3. The molecule has 0 aliphatic heterocycles. The van der Waals surface area contributed by atoms with Crippen molar-refractivity contribution in [2.45, 2.75) is 12.8 Å². The van der Waals surface area contributed by atoms with E-state index in [2.05, 4.69) is 165 Å². The number of rotatable bonds is 5. The van der Waals surface area contributed by atoms with Crippen LogP contribution < -0.4 is 5.73 Å². The summed E-state index contributed by atoms with van der Waals surface area (Å²) in [7, 11) is 0. The SMILES string of the molecule is Cc1ccc(-c2ccc3c(c2)sc2ccccc23)cc1.NCC(c1ccccc1)c1ccc(-c2ccc3ccccc3c2)cc1. The maximum absolute atomic E-state index is 6.05. The van der Waals surface area contributed by atoms with Gasteiger partial charge < -0.3 is 5.73 Å². The fraction of sp³-hybridized carbons (Fsp3) is 0.0698. The normalized spacial score (nSPS) is 11.8. The van der Waals surface area contributed by atoms with E-state index in [0.29, 0.717) is 6.54 Å². The summed E-state index contributed by atoms with van der Waals surface area (Å²) >= 11 is 1.87. The van der Waals surface area contributed by atoms with E-state index >= 15 is 0 Å². The third kappa shape index (κ3) is 6.17. The molecule has 2 heteroatoms. The Morgan fingerprint density at radius 2 is 1.02 bits per heavy atom. The number of thiophene rings is 1. The van der Waals surface area contributed by atoms with Crippen molar-refractivity contribution < 1.29 is 0 Å². The van der Waals surface area contributed by atoms with E-state index in [9.17, 15) is 0 Å². The van der Waals surface area contributed by atoms with Crippen molar-refractivity contribution in [3.05, 3.63) is 180 Å². The molecule has 7 aromatic carbocycles. The number of aryl methyl sites for hydroxylation is 1. The van der Waals surface area contributed by atoms with Crippen LogP contribution in [-0.2, 0) is 0 Å². The van der Waals surface area contributed by atoms with Crippen LogP contribution in [-0.4, -0.2) is 6.54 Å². The van der Waals surface area contributed by atoms with Crippen molar-refractivity contribution in [3.8, 4) is 22.3 Å². The molecule has 1 aromatic heterocycles. The van der Waals surface area contributed by atoms with Crippen molar-refractivity contribution in [1.29, 1.82) is 0 Å². The van der Waals surface area contributed by atoms with E-state index in [4.69, 9.17) is 5.73 Å². The van der Waals surface area contributed by atoms with Gasteiger partial charge in [-0.05, 0) is 69.3 Å². The minimum Gasteiger partial charge on any atom is -0.330 e. The average Bonchev–Trinajstić information content (AvgIpc) is 3.48. The summed E-state index contributed by atoms with van der Waals surface area (Å²) in [5.41, 5.74) is 14.9. The van der Waals surface area contributed by atoms with Gasteiger partial charge in [-0.15, -0.1) is 11.3 Å². The monoisotopic (exact) mass is 597 g/mol. The molecule has 0 spiro atoms. The van der Waals surface area contributed by atoms with Gasteiger partial charge in [0.05, 0.1) is 0 Å². The molecule has 1 nitrogen and oxygen atoms in total. The number of benzene rings is 7. The van der Waals surface area contributed by atoms with Gasteiger partial charge in [0.25, 0.3) is 0 Å². The average molecular weight is 598 g/mol. The van der Waals surface area contributed by atoms with Crippen molar-refractivity contribution in [2.24, 2.45) is 5.73 Å². The van der Waals surface area contributed by atoms with Crippen LogP contribution in [0.2, 0.25) is 0 Å². The first kappa shape index (κ1) is 28.7. The lowest BCUT2D eigenvalue weighted by atomic mass is 9.90. The number of nitrogens with two attached hydrogens (primary N) is 1. The third-order valence-corrected chi connectivity index (χ3v) is 9.73. The topological polar surface area (TPSA) is 26.0 Å². The maximum atomic E-state index is 6.05. The number of hydrogen-bond donors (Lipinski definition) is 1. The summed E-state index contributed by atoms with van der Waals surface area (Å²) in [4.78, 5) is 0. The molecule has 1 atom stereocenters. The fourth-order valence-corrected chi connectivity index (χ4v) is 7.22. The van der Waals surface area contributed by atoms with E-state index in [1.165, 1.54) is 69.9 Å². The Morgan fingerprint density at radius 3 is 1.78 bits per heavy atom. The summed E-state index contributed by atoms with van der Waals surface area (Å²) in [5.74, 6) is 0.242. The second-order valence-electron chi connectivity index (χ2n) is 11.6. The molecule has 2 N–H and O–H groups in total. The molecule has 0 saturated heterocycles. The van der Waals surface area contributed by atoms with E-state index < -0.39 is 0 Å². The van der Waals surface area contributed by atoms with Crippen LogP contribution in [0.25, 0.3) is 53.2 Å². The number of hydrogen-bond acceptors (Lipinski definition) is 2. The van der Waals surface area contributed by atoms with Crippen LogP contribution in [0.4, 0.5) is 0 Å². The fourth-order valence-electron chi connectivity index (χ4n) is 6.08. The first-order valence-electron chi connectivity index (χ1n) is 15.5. The van der Waals surface area contributed by atoms with Gasteiger partial charge in [-0.1, -0.05) is 151 Å². The minimum atomic E-state index is 0.242. The predicted molar refractivity (Wildman–Crippen MR) is 196 cm³/mol. The molecule has 1 unspecified atom stereocenters. The highest BCUT2D eigenvalue weighted by molar-refractivity contribution is 7.25. The lowest BCUT2D eigenvalue weighted by Crippen LogP contribution is -2.13. The Bertz CT molecular complexity index is 2190. The molecular weight excluding hydrogens is 563 g/mol. The summed E-state index contributed by atoms with van der Waals surface area (Å²) in [6.07, 6.45) is 0. The maximum Gasteiger partial charge on any atom is 0.0361 e. The van der Waals surface area contributed by atoms with E-state index in [1.54, 1.807) is 0 Å². The third-order valence-electron chi connectivity index (χ3n) is 8.60. The van der Waals surface area contributed by atoms with Crippen molar-refractivity contribution >= 4 is 42.3 Å². The molecule has 45 heavy (non-hydrogen) atoms. The summed E-state index contributed by atoms with van der Waals surface area (Å²) in [6.45, 7) is 2.73. The second kappa shape index (κ2) is 12.9. The summed E-state index contributed by atoms with van der Waals surface area (Å²) < 4.78 is 2.73. The second-order valence-corrected chi connectivity index (χ2v) is 12.6. The van der Waals surface area contributed by atoms with Gasteiger partial charge in [0.1, 0.15) is 0 Å². The Labute approximate surface area is 269 Å². The zero-order valence-electron chi connectivity index (χ0n) is 25.4. The Kier molecular flexibility index (Phi) is 8.25. The van der Waals surface area contributed by atoms with Gasteiger partial charge in [0.2, 0.25) is 0 Å². The van der Waals surface area contributed by atoms with Gasteiger partial charge in [-0.2, -0.15) is 0 Å². The summed E-state index contributed by atoms with van der Waals surface area (Å²) in [6, 6.07) is 58.5. The van der Waals surface area contributed by atoms with Gasteiger partial charge in [-0.25, -0.2) is 0 Å². The highest BCUT2D eigenvalue weighted by Gasteiger charge is 2.12. The largest absolute Gasteiger partial charge is 0.330 e. The standard InChI is InChI=1S/C24H21N.C19H14S/c25-17-24(20-7-2-1-3-8-20)21-13-10-19(11-14-21)23-15-12-18-6-4-5-9-22(18)16-23;1-13-6-8-14(9-7-13)15-10-11-17-16-4-2-3-5-18(16)20-19(17)12-15/h1-16,24H,17,25H2;2-12H,1H3. The molecule has 0 fully saturated rings. The molecule has 0 radical (unpaired) electrons. The molecule has 8 rings (SSSR count). The zero-order valence-corrected chi connectivity index (χ0v) is 26.2. The van der Waals surface area contributed by atoms with Gasteiger partial charge in [-0.3, -0.25) is 0 Å². The predicted octanol–water partition coefficient (Wildman–Crippen LogP) is 11.6. The van der Waals surface area contributed by atoms with Crippen molar-refractivity contribution in [2.75, 3.05) is 6.54 Å². The Balaban J connectivity index is 0.000000148. The van der Waals surface area contributed by atoms with Crippen LogP contribution in [0, 0.1) is 6.92 Å². The Morgan fingerprint density at radius 1 is 0.467 bits per heavy atom. The van der Waals surface area contributed by atoms with Crippen LogP contribution in [0.5, 0.6) is 0 Å². The van der Waals surface area contributed by atoms with Crippen LogP contribution in [0.3, 0.4) is 0 Å². The molecular formula is C43H35NS. The van der Waals surface area contributed by atoms with Crippen LogP contribution in [0.1, 0.15) is 22.6 Å². The zero-order chi connectivity index (χ0) is 30.6. The Hall–Kier alpha value is -5.02. The van der Waals surface area contributed by atoms with Crippen molar-refractivity contribution in [3.63, 3.8) is 0 Å². The minimum absolute atomic E-state index is 0.242. The molecule has 218 valence electrons. The van der Waals surface area contributed by atoms with Crippen LogP contribution >= 0.6 is 11.3 Å². The van der Waals surface area contributed by atoms with E-state index in [-0.39, 0.29) is 5.92 Å². The highest BCUT2D eigenvalue weighted by atomic mass is 32.1. The molecule has 0 amide bonds. The van der Waals surface area contributed by atoms with Crippen LogP contribution in [0.15, 0.2) is 164 Å². The molecule has 8 aromatic rings. The smallest absolute Gasteiger partial charge is 0.0361 e. The molecule has 0 aliphatic carbocycles. The number of fused-ring (bicyclic) bond motifs is 4. The first-order chi connectivity index (χ1) is 22.2. The van der Waals surface area contributed by atoms with Gasteiger partial charge in [0, 0.05) is 32.6 Å². The van der Waals surface area contributed by atoms with Crippen molar-refractivity contribution in [1.82, 2.24) is 0 Å². The van der Waals surface area contributed by atoms with Gasteiger partial charge in [0.15, 0.2) is 0 Å². The van der Waals surface area contributed by atoms with E-state index in [1.807, 2.05) is 17.4 Å². The molecule has 0 bridgehead atoms. The highest BCUT2D eigenvalue weighted by Crippen LogP contribution is 2.36. The quantitative estimate of drug-likeness (QED) is 0.210. The summed E-state index contributed by atoms with van der Waals surface area (Å²) in [5, 5.41) is 5.27. The van der Waals surface area contributed by atoms with Gasteiger partial charge >= 0.3 is 0 Å². The lowest BCUT2D eigenvalue weighted by molar-refractivity contribution is 0.819.